The Morgan fingerprint density at radius 2 is 1.52 bits per heavy atom. The zero-order chi connectivity index (χ0) is 21.6. The summed E-state index contributed by atoms with van der Waals surface area (Å²) in [6, 6.07) is 18.3. The summed E-state index contributed by atoms with van der Waals surface area (Å²) < 4.78 is 0. The van der Waals surface area contributed by atoms with Crippen LogP contribution in [-0.2, 0) is 0 Å². The van der Waals surface area contributed by atoms with Crippen molar-refractivity contribution in [1.82, 2.24) is 15.0 Å². The Labute approximate surface area is 182 Å². The van der Waals surface area contributed by atoms with Gasteiger partial charge in [-0.25, -0.2) is 4.98 Å². The topological polar surface area (TPSA) is 62.7 Å². The first-order valence-corrected chi connectivity index (χ1v) is 10.2. The largest absolute Gasteiger partial charge is 0.340 e. The van der Waals surface area contributed by atoms with Crippen LogP contribution in [0.25, 0.3) is 12.2 Å². The number of pyridine rings is 1. The maximum Gasteiger partial charge on any atom is 0.229 e. The molecule has 0 aliphatic carbocycles. The van der Waals surface area contributed by atoms with Crippen LogP contribution < -0.4 is 10.6 Å². The van der Waals surface area contributed by atoms with Crippen LogP contribution in [0.3, 0.4) is 0 Å². The van der Waals surface area contributed by atoms with Gasteiger partial charge in [0.25, 0.3) is 0 Å². The summed E-state index contributed by atoms with van der Waals surface area (Å²) in [7, 11) is 0. The molecule has 0 bridgehead atoms. The summed E-state index contributed by atoms with van der Waals surface area (Å²) >= 11 is 0. The molecular weight excluding hydrogens is 382 g/mol. The molecule has 2 N–H and O–H groups in total. The molecule has 0 saturated heterocycles. The Hall–Kier alpha value is -3.99. The summed E-state index contributed by atoms with van der Waals surface area (Å²) in [5.74, 6) is 1.30. The van der Waals surface area contributed by atoms with Crippen molar-refractivity contribution in [3.8, 4) is 0 Å². The average Bonchev–Trinajstić information content (AvgIpc) is 2.77. The van der Waals surface area contributed by atoms with Crippen molar-refractivity contribution in [3.05, 3.63) is 101 Å². The SMILES string of the molecule is Cc1ccc(Nc2nccc(Nc3c(C)cc(/C=C/c4cccnc4)cc3C)n2)cc1. The Balaban J connectivity index is 1.51. The van der Waals surface area contributed by atoms with Crippen LogP contribution in [0.1, 0.15) is 27.8 Å². The van der Waals surface area contributed by atoms with Crippen LogP contribution in [-0.4, -0.2) is 15.0 Å². The van der Waals surface area contributed by atoms with Crippen LogP contribution in [0.15, 0.2) is 73.2 Å². The van der Waals surface area contributed by atoms with Gasteiger partial charge < -0.3 is 10.6 Å². The maximum atomic E-state index is 4.61. The quantitative estimate of drug-likeness (QED) is 0.384. The first-order chi connectivity index (χ1) is 15.1. The van der Waals surface area contributed by atoms with E-state index in [1.54, 1.807) is 12.4 Å². The summed E-state index contributed by atoms with van der Waals surface area (Å²) in [5, 5.41) is 6.70. The molecule has 0 saturated carbocycles. The Morgan fingerprint density at radius 3 is 2.23 bits per heavy atom. The highest BCUT2D eigenvalue weighted by atomic mass is 15.1. The van der Waals surface area contributed by atoms with Gasteiger partial charge in [0.15, 0.2) is 0 Å². The predicted molar refractivity (Wildman–Crippen MR) is 129 cm³/mol. The molecule has 0 atom stereocenters. The van der Waals surface area contributed by atoms with E-state index in [9.17, 15) is 0 Å². The van der Waals surface area contributed by atoms with Gasteiger partial charge in [0.05, 0.1) is 0 Å². The number of anilines is 4. The number of benzene rings is 2. The van der Waals surface area contributed by atoms with Crippen molar-refractivity contribution >= 4 is 35.3 Å². The molecule has 0 aliphatic heterocycles. The van der Waals surface area contributed by atoms with Crippen molar-refractivity contribution in [3.63, 3.8) is 0 Å². The summed E-state index contributed by atoms with van der Waals surface area (Å²) in [4.78, 5) is 13.1. The number of aromatic nitrogens is 3. The molecule has 0 amide bonds. The third-order valence-electron chi connectivity index (χ3n) is 4.92. The lowest BCUT2D eigenvalue weighted by Gasteiger charge is -2.14. The van der Waals surface area contributed by atoms with E-state index in [0.29, 0.717) is 5.95 Å². The number of hydrogen-bond donors (Lipinski definition) is 2. The fourth-order valence-corrected chi connectivity index (χ4v) is 3.34. The minimum atomic E-state index is 0.556. The van der Waals surface area contributed by atoms with Crippen molar-refractivity contribution in [2.75, 3.05) is 10.6 Å². The van der Waals surface area contributed by atoms with E-state index in [4.69, 9.17) is 0 Å². The average molecular weight is 408 g/mol. The molecule has 2 aromatic carbocycles. The number of nitrogens with zero attached hydrogens (tertiary/aromatic N) is 3. The molecular formula is C26H25N5. The van der Waals surface area contributed by atoms with Gasteiger partial charge in [-0.05, 0) is 79.4 Å². The van der Waals surface area contributed by atoms with E-state index in [1.165, 1.54) is 5.56 Å². The van der Waals surface area contributed by atoms with E-state index >= 15 is 0 Å². The second-order valence-corrected chi connectivity index (χ2v) is 7.53. The lowest BCUT2D eigenvalue weighted by molar-refractivity contribution is 1.16. The molecule has 0 fully saturated rings. The molecule has 4 rings (SSSR count). The first kappa shape index (κ1) is 20.3. The van der Waals surface area contributed by atoms with Gasteiger partial charge in [0, 0.05) is 30.0 Å². The summed E-state index contributed by atoms with van der Waals surface area (Å²) in [6.07, 6.45) is 9.56. The number of nitrogens with one attached hydrogen (secondary N) is 2. The van der Waals surface area contributed by atoms with Gasteiger partial charge >= 0.3 is 0 Å². The van der Waals surface area contributed by atoms with Crippen molar-refractivity contribution in [1.29, 1.82) is 0 Å². The second kappa shape index (κ2) is 9.22. The zero-order valence-corrected chi connectivity index (χ0v) is 17.9. The van der Waals surface area contributed by atoms with Gasteiger partial charge in [-0.3, -0.25) is 4.98 Å². The van der Waals surface area contributed by atoms with Crippen molar-refractivity contribution in [2.45, 2.75) is 20.8 Å². The van der Waals surface area contributed by atoms with Crippen LogP contribution in [0.2, 0.25) is 0 Å². The molecule has 0 unspecified atom stereocenters. The molecule has 5 heteroatoms. The molecule has 0 aliphatic rings. The highest BCUT2D eigenvalue weighted by molar-refractivity contribution is 5.74. The lowest BCUT2D eigenvalue weighted by Crippen LogP contribution is -2.02. The van der Waals surface area contributed by atoms with Crippen LogP contribution in [0.5, 0.6) is 0 Å². The van der Waals surface area contributed by atoms with Crippen LogP contribution in [0, 0.1) is 20.8 Å². The molecule has 31 heavy (non-hydrogen) atoms. The van der Waals surface area contributed by atoms with Gasteiger partial charge in [-0.15, -0.1) is 0 Å². The second-order valence-electron chi connectivity index (χ2n) is 7.53. The smallest absolute Gasteiger partial charge is 0.229 e. The monoisotopic (exact) mass is 407 g/mol. The third kappa shape index (κ3) is 5.34. The normalized spacial score (nSPS) is 10.9. The third-order valence-corrected chi connectivity index (χ3v) is 4.92. The molecule has 2 aromatic heterocycles. The van der Waals surface area contributed by atoms with Crippen molar-refractivity contribution < 1.29 is 0 Å². The summed E-state index contributed by atoms with van der Waals surface area (Å²) in [6.45, 7) is 6.27. The van der Waals surface area contributed by atoms with Crippen molar-refractivity contribution in [2.24, 2.45) is 0 Å². The number of hydrogen-bond acceptors (Lipinski definition) is 5. The number of rotatable bonds is 6. The van der Waals surface area contributed by atoms with Crippen LogP contribution in [0.4, 0.5) is 23.1 Å². The predicted octanol–water partition coefficient (Wildman–Crippen LogP) is 6.45. The molecule has 154 valence electrons. The molecule has 5 nitrogen and oxygen atoms in total. The highest BCUT2D eigenvalue weighted by Crippen LogP contribution is 2.27. The van der Waals surface area contributed by atoms with Gasteiger partial charge in [0.1, 0.15) is 5.82 Å². The summed E-state index contributed by atoms with van der Waals surface area (Å²) in [5.41, 5.74) is 7.75. The van der Waals surface area contributed by atoms with E-state index < -0.39 is 0 Å². The first-order valence-electron chi connectivity index (χ1n) is 10.2. The molecule has 0 radical (unpaired) electrons. The van der Waals surface area contributed by atoms with Gasteiger partial charge in [-0.1, -0.05) is 35.9 Å². The Bertz CT molecular complexity index is 1180. The lowest BCUT2D eigenvalue weighted by atomic mass is 10.0. The van der Waals surface area contributed by atoms with Gasteiger partial charge in [0.2, 0.25) is 5.95 Å². The van der Waals surface area contributed by atoms with E-state index in [2.05, 4.69) is 82.8 Å². The fourth-order valence-electron chi connectivity index (χ4n) is 3.34. The van der Waals surface area contributed by atoms with Crippen LogP contribution >= 0.6 is 0 Å². The minimum Gasteiger partial charge on any atom is -0.340 e. The fraction of sp³-hybridized carbons (Fsp3) is 0.115. The number of aryl methyl sites for hydroxylation is 3. The maximum absolute atomic E-state index is 4.61. The zero-order valence-electron chi connectivity index (χ0n) is 17.9. The van der Waals surface area contributed by atoms with E-state index in [-0.39, 0.29) is 0 Å². The van der Waals surface area contributed by atoms with E-state index in [1.807, 2.05) is 36.5 Å². The Morgan fingerprint density at radius 1 is 0.774 bits per heavy atom. The molecule has 0 spiro atoms. The van der Waals surface area contributed by atoms with Gasteiger partial charge in [-0.2, -0.15) is 4.98 Å². The molecule has 4 aromatic rings. The Kier molecular flexibility index (Phi) is 6.03. The molecule has 2 heterocycles. The highest BCUT2D eigenvalue weighted by Gasteiger charge is 2.07. The standard InChI is InChI=1S/C26H25N5/c1-18-6-10-23(11-7-18)29-26-28-14-12-24(31-26)30-25-19(2)15-22(16-20(25)3)9-8-21-5-4-13-27-17-21/h4-17H,1-3H3,(H2,28,29,30,31)/b9-8+. The minimum absolute atomic E-state index is 0.556. The van der Waals surface area contributed by atoms with E-state index in [0.717, 1.165) is 39.4 Å².